The highest BCUT2D eigenvalue weighted by atomic mass is 32.2. The lowest BCUT2D eigenvalue weighted by molar-refractivity contribution is 0.131. The molecule has 0 saturated heterocycles. The second-order valence-electron chi connectivity index (χ2n) is 3.20. The van der Waals surface area contributed by atoms with Gasteiger partial charge in [-0.25, -0.2) is 0 Å². The van der Waals surface area contributed by atoms with Gasteiger partial charge in [0.25, 0.3) is 0 Å². The summed E-state index contributed by atoms with van der Waals surface area (Å²) in [6.07, 6.45) is 1.25. The van der Waals surface area contributed by atoms with E-state index in [1.165, 1.54) is 6.42 Å². The molecule has 1 N–H and O–H groups in total. The molecular formula is C10H23NOS. The Morgan fingerprint density at radius 3 is 2.54 bits per heavy atom. The van der Waals surface area contributed by atoms with Gasteiger partial charge in [0.1, 0.15) is 0 Å². The summed E-state index contributed by atoms with van der Waals surface area (Å²) < 4.78 is 5.38. The van der Waals surface area contributed by atoms with Crippen LogP contribution in [-0.4, -0.2) is 37.3 Å². The standard InChI is InChI=1S/C10H23NOS/c1-5-9(3)13-8-10(11-4)7-12-6-2/h9-11H,5-8H2,1-4H3. The van der Waals surface area contributed by atoms with Crippen LogP contribution >= 0.6 is 11.8 Å². The van der Waals surface area contributed by atoms with E-state index in [9.17, 15) is 0 Å². The van der Waals surface area contributed by atoms with E-state index < -0.39 is 0 Å². The molecule has 0 rings (SSSR count). The maximum atomic E-state index is 5.38. The summed E-state index contributed by atoms with van der Waals surface area (Å²) in [7, 11) is 2.00. The highest BCUT2D eigenvalue weighted by Gasteiger charge is 2.07. The average molecular weight is 205 g/mol. The Labute approximate surface area is 86.8 Å². The minimum atomic E-state index is 0.499. The SMILES string of the molecule is CCOCC(CSC(C)CC)NC. The maximum Gasteiger partial charge on any atom is 0.0627 e. The lowest BCUT2D eigenvalue weighted by Crippen LogP contribution is -2.33. The molecule has 0 heterocycles. The molecule has 2 atom stereocenters. The van der Waals surface area contributed by atoms with E-state index in [0.29, 0.717) is 6.04 Å². The van der Waals surface area contributed by atoms with Crippen LogP contribution in [0.3, 0.4) is 0 Å². The Balaban J connectivity index is 3.46. The third-order valence-electron chi connectivity index (χ3n) is 2.09. The van der Waals surface area contributed by atoms with Crippen molar-refractivity contribution in [3.05, 3.63) is 0 Å². The van der Waals surface area contributed by atoms with Gasteiger partial charge in [-0.1, -0.05) is 13.8 Å². The number of likely N-dealkylation sites (N-methyl/N-ethyl adjacent to an activating group) is 1. The zero-order chi connectivity index (χ0) is 10.1. The van der Waals surface area contributed by atoms with Gasteiger partial charge >= 0.3 is 0 Å². The Morgan fingerprint density at radius 1 is 1.38 bits per heavy atom. The molecule has 0 radical (unpaired) electrons. The molecule has 2 nitrogen and oxygen atoms in total. The Morgan fingerprint density at radius 2 is 2.08 bits per heavy atom. The third-order valence-corrected chi connectivity index (χ3v) is 3.59. The van der Waals surface area contributed by atoms with Crippen molar-refractivity contribution in [2.24, 2.45) is 0 Å². The normalized spacial score (nSPS) is 15.7. The minimum absolute atomic E-state index is 0.499. The summed E-state index contributed by atoms with van der Waals surface area (Å²) in [5, 5.41) is 4.03. The van der Waals surface area contributed by atoms with Crippen molar-refractivity contribution in [3.63, 3.8) is 0 Å². The van der Waals surface area contributed by atoms with Crippen LogP contribution in [0.1, 0.15) is 27.2 Å². The monoisotopic (exact) mass is 205 g/mol. The predicted molar refractivity (Wildman–Crippen MR) is 61.6 cm³/mol. The molecule has 0 saturated carbocycles. The van der Waals surface area contributed by atoms with Crippen LogP contribution in [0.4, 0.5) is 0 Å². The largest absolute Gasteiger partial charge is 0.380 e. The second-order valence-corrected chi connectivity index (χ2v) is 4.67. The lowest BCUT2D eigenvalue weighted by atomic mass is 10.4. The number of hydrogen-bond acceptors (Lipinski definition) is 3. The molecule has 0 fully saturated rings. The fourth-order valence-corrected chi connectivity index (χ4v) is 1.93. The van der Waals surface area contributed by atoms with Crippen molar-refractivity contribution in [1.29, 1.82) is 0 Å². The molecule has 2 unspecified atom stereocenters. The topological polar surface area (TPSA) is 21.3 Å². The molecule has 0 bridgehead atoms. The molecule has 0 amide bonds. The fourth-order valence-electron chi connectivity index (χ4n) is 0.873. The molecule has 0 aliphatic carbocycles. The first-order valence-corrected chi connectivity index (χ1v) is 6.16. The van der Waals surface area contributed by atoms with Gasteiger partial charge in [-0.15, -0.1) is 0 Å². The van der Waals surface area contributed by atoms with E-state index in [0.717, 1.165) is 24.2 Å². The van der Waals surface area contributed by atoms with E-state index in [2.05, 4.69) is 19.2 Å². The van der Waals surface area contributed by atoms with Gasteiger partial charge in [0.05, 0.1) is 6.61 Å². The van der Waals surface area contributed by atoms with Crippen LogP contribution < -0.4 is 5.32 Å². The number of thioether (sulfide) groups is 1. The van der Waals surface area contributed by atoms with Crippen LogP contribution in [0.5, 0.6) is 0 Å². The summed E-state index contributed by atoms with van der Waals surface area (Å²) in [5.74, 6) is 1.14. The number of ether oxygens (including phenoxy) is 1. The molecule has 13 heavy (non-hydrogen) atoms. The van der Waals surface area contributed by atoms with Crippen molar-refractivity contribution in [3.8, 4) is 0 Å². The first kappa shape index (κ1) is 13.3. The van der Waals surface area contributed by atoms with Crippen molar-refractivity contribution >= 4 is 11.8 Å². The molecule has 0 aliphatic heterocycles. The molecule has 0 aromatic carbocycles. The van der Waals surface area contributed by atoms with Gasteiger partial charge in [-0.05, 0) is 20.4 Å². The molecule has 0 spiro atoms. The lowest BCUT2D eigenvalue weighted by Gasteiger charge is -2.17. The van der Waals surface area contributed by atoms with Crippen molar-refractivity contribution < 1.29 is 4.74 Å². The van der Waals surface area contributed by atoms with E-state index in [-0.39, 0.29) is 0 Å². The van der Waals surface area contributed by atoms with Crippen LogP contribution in [0.25, 0.3) is 0 Å². The Hall–Kier alpha value is 0.270. The zero-order valence-electron chi connectivity index (χ0n) is 9.30. The predicted octanol–water partition coefficient (Wildman–Crippen LogP) is 2.14. The summed E-state index contributed by atoms with van der Waals surface area (Å²) in [4.78, 5) is 0. The highest BCUT2D eigenvalue weighted by molar-refractivity contribution is 7.99. The number of nitrogens with one attached hydrogen (secondary N) is 1. The van der Waals surface area contributed by atoms with Gasteiger partial charge in [0, 0.05) is 23.7 Å². The minimum Gasteiger partial charge on any atom is -0.380 e. The molecular weight excluding hydrogens is 182 g/mol. The fraction of sp³-hybridized carbons (Fsp3) is 1.00. The van der Waals surface area contributed by atoms with E-state index in [1.807, 2.05) is 25.7 Å². The molecule has 80 valence electrons. The van der Waals surface area contributed by atoms with Crippen LogP contribution in [0.15, 0.2) is 0 Å². The summed E-state index contributed by atoms with van der Waals surface area (Å²) in [6.45, 7) is 8.18. The molecule has 0 aromatic rings. The first-order valence-electron chi connectivity index (χ1n) is 5.11. The second kappa shape index (κ2) is 8.85. The Kier molecular flexibility index (Phi) is 9.03. The first-order chi connectivity index (χ1) is 6.24. The van der Waals surface area contributed by atoms with E-state index in [1.54, 1.807) is 0 Å². The smallest absolute Gasteiger partial charge is 0.0627 e. The van der Waals surface area contributed by atoms with Crippen LogP contribution in [-0.2, 0) is 4.74 Å². The van der Waals surface area contributed by atoms with E-state index in [4.69, 9.17) is 4.74 Å². The summed E-state index contributed by atoms with van der Waals surface area (Å²) >= 11 is 2.02. The van der Waals surface area contributed by atoms with E-state index >= 15 is 0 Å². The van der Waals surface area contributed by atoms with Crippen LogP contribution in [0, 0.1) is 0 Å². The third kappa shape index (κ3) is 7.35. The molecule has 0 aromatic heterocycles. The van der Waals surface area contributed by atoms with Gasteiger partial charge in [0.2, 0.25) is 0 Å². The molecule has 3 heteroatoms. The van der Waals surface area contributed by atoms with Gasteiger partial charge < -0.3 is 10.1 Å². The number of hydrogen-bond donors (Lipinski definition) is 1. The van der Waals surface area contributed by atoms with Crippen molar-refractivity contribution in [2.75, 3.05) is 26.0 Å². The summed E-state index contributed by atoms with van der Waals surface area (Å²) in [5.41, 5.74) is 0. The zero-order valence-corrected chi connectivity index (χ0v) is 10.1. The van der Waals surface area contributed by atoms with Gasteiger partial charge in [-0.2, -0.15) is 11.8 Å². The average Bonchev–Trinajstić information content (AvgIpc) is 2.17. The highest BCUT2D eigenvalue weighted by Crippen LogP contribution is 2.14. The van der Waals surface area contributed by atoms with Gasteiger partial charge in [0.15, 0.2) is 0 Å². The van der Waals surface area contributed by atoms with Crippen molar-refractivity contribution in [1.82, 2.24) is 5.32 Å². The van der Waals surface area contributed by atoms with Crippen LogP contribution in [0.2, 0.25) is 0 Å². The van der Waals surface area contributed by atoms with Gasteiger partial charge in [-0.3, -0.25) is 0 Å². The number of rotatable bonds is 8. The Bertz CT molecular complexity index is 111. The summed E-state index contributed by atoms with van der Waals surface area (Å²) in [6, 6.07) is 0.499. The molecule has 0 aliphatic rings. The quantitative estimate of drug-likeness (QED) is 0.656. The van der Waals surface area contributed by atoms with Crippen molar-refractivity contribution in [2.45, 2.75) is 38.5 Å². The maximum absolute atomic E-state index is 5.38.